The number of carbonyl (C=O) groups excluding carboxylic acids is 1. The maximum atomic E-state index is 11.7. The molecular weight excluding hydrogens is 264 g/mol. The van der Waals surface area contributed by atoms with Crippen LogP contribution in [-0.2, 0) is 11.2 Å². The lowest BCUT2D eigenvalue weighted by atomic mass is 10.1. The van der Waals surface area contributed by atoms with Crippen LogP contribution in [0.15, 0.2) is 28.6 Å². The molecule has 0 radical (unpaired) electrons. The molecule has 0 saturated heterocycles. The van der Waals surface area contributed by atoms with E-state index in [9.17, 15) is 4.79 Å². The molecule has 92 valence electrons. The summed E-state index contributed by atoms with van der Waals surface area (Å²) in [6.45, 7) is 2.32. The Kier molecular flexibility index (Phi) is 3.01. The summed E-state index contributed by atoms with van der Waals surface area (Å²) in [5.74, 6) is -0.0349. The van der Waals surface area contributed by atoms with Crippen LogP contribution in [0.5, 0.6) is 0 Å². The van der Waals surface area contributed by atoms with Crippen molar-refractivity contribution in [3.8, 4) is 0 Å². The third kappa shape index (κ3) is 2.00. The number of thiophene rings is 2. The highest BCUT2D eigenvalue weighted by Gasteiger charge is 2.21. The van der Waals surface area contributed by atoms with Crippen LogP contribution in [0.2, 0.25) is 0 Å². The van der Waals surface area contributed by atoms with E-state index in [1.54, 1.807) is 22.7 Å². The first-order valence-electron chi connectivity index (χ1n) is 5.79. The number of aliphatic imine (C=N–C) groups is 1. The van der Waals surface area contributed by atoms with Crippen LogP contribution in [0.4, 0.5) is 5.00 Å². The highest BCUT2D eigenvalue weighted by Crippen LogP contribution is 2.33. The van der Waals surface area contributed by atoms with Gasteiger partial charge in [-0.15, -0.1) is 22.7 Å². The molecule has 2 aromatic heterocycles. The minimum absolute atomic E-state index is 0.0349. The maximum Gasteiger partial charge on any atom is 0.246 e. The van der Waals surface area contributed by atoms with Gasteiger partial charge in [0.15, 0.2) is 0 Å². The number of amides is 1. The van der Waals surface area contributed by atoms with Gasteiger partial charge in [0.1, 0.15) is 11.5 Å². The highest BCUT2D eigenvalue weighted by molar-refractivity contribution is 7.17. The minimum atomic E-state index is -0.0349. The lowest BCUT2D eigenvalue weighted by Crippen LogP contribution is -2.12. The summed E-state index contributed by atoms with van der Waals surface area (Å²) in [6.07, 6.45) is 0.977. The van der Waals surface area contributed by atoms with Gasteiger partial charge in [-0.05, 0) is 23.9 Å². The molecule has 0 fully saturated rings. The van der Waals surface area contributed by atoms with Crippen molar-refractivity contribution in [2.45, 2.75) is 13.3 Å². The Morgan fingerprint density at radius 2 is 2.39 bits per heavy atom. The van der Waals surface area contributed by atoms with Crippen molar-refractivity contribution in [1.82, 2.24) is 0 Å². The number of anilines is 1. The molecule has 0 aromatic carbocycles. The predicted octanol–water partition coefficient (Wildman–Crippen LogP) is 3.16. The number of hydrogen-bond donors (Lipinski definition) is 1. The van der Waals surface area contributed by atoms with Crippen molar-refractivity contribution >= 4 is 39.3 Å². The fourth-order valence-electron chi connectivity index (χ4n) is 1.91. The van der Waals surface area contributed by atoms with Gasteiger partial charge in [-0.1, -0.05) is 13.0 Å². The molecule has 0 bridgehead atoms. The van der Waals surface area contributed by atoms with E-state index in [-0.39, 0.29) is 12.5 Å². The zero-order valence-electron chi connectivity index (χ0n) is 9.90. The third-order valence-electron chi connectivity index (χ3n) is 2.77. The summed E-state index contributed by atoms with van der Waals surface area (Å²) in [7, 11) is 0. The Bertz CT molecular complexity index is 611. The molecule has 0 atom stereocenters. The molecule has 3 rings (SSSR count). The average molecular weight is 276 g/mol. The van der Waals surface area contributed by atoms with Crippen LogP contribution >= 0.6 is 22.7 Å². The van der Waals surface area contributed by atoms with Crippen LogP contribution in [-0.4, -0.2) is 18.2 Å². The summed E-state index contributed by atoms with van der Waals surface area (Å²) in [6, 6.07) is 6.20. The molecule has 0 aliphatic carbocycles. The monoisotopic (exact) mass is 276 g/mol. The molecule has 1 amide bonds. The molecule has 0 unspecified atom stereocenters. The second-order valence-electron chi connectivity index (χ2n) is 4.00. The van der Waals surface area contributed by atoms with E-state index >= 15 is 0 Å². The number of hydrogen-bond acceptors (Lipinski definition) is 4. The minimum Gasteiger partial charge on any atom is -0.316 e. The number of carbonyl (C=O) groups is 1. The largest absolute Gasteiger partial charge is 0.316 e. The van der Waals surface area contributed by atoms with Gasteiger partial charge in [0.25, 0.3) is 0 Å². The third-order valence-corrected chi connectivity index (χ3v) is 4.85. The standard InChI is InChI=1S/C13H12N2OS2/c1-2-8-6-9-12(10-4-3-5-17-10)14-7-11(16)15-13(9)18-8/h3-6H,2,7H2,1H3,(H,15,16). The molecule has 1 aliphatic rings. The first kappa shape index (κ1) is 11.6. The number of aryl methyl sites for hydroxylation is 1. The Balaban J connectivity index is 2.14. The summed E-state index contributed by atoms with van der Waals surface area (Å²) in [4.78, 5) is 18.5. The maximum absolute atomic E-state index is 11.7. The molecule has 3 heterocycles. The van der Waals surface area contributed by atoms with Gasteiger partial charge in [0.2, 0.25) is 5.91 Å². The van der Waals surface area contributed by atoms with Gasteiger partial charge < -0.3 is 5.32 Å². The average Bonchev–Trinajstić information content (AvgIpc) is 2.98. The SMILES string of the molecule is CCc1cc2c(s1)NC(=O)CN=C2c1cccs1. The molecule has 0 spiro atoms. The summed E-state index contributed by atoms with van der Waals surface area (Å²) in [5.41, 5.74) is 2.00. The zero-order chi connectivity index (χ0) is 12.5. The smallest absolute Gasteiger partial charge is 0.246 e. The van der Waals surface area contributed by atoms with Crippen molar-refractivity contribution in [1.29, 1.82) is 0 Å². The lowest BCUT2D eigenvalue weighted by molar-refractivity contribution is -0.114. The van der Waals surface area contributed by atoms with Gasteiger partial charge >= 0.3 is 0 Å². The van der Waals surface area contributed by atoms with E-state index < -0.39 is 0 Å². The summed E-state index contributed by atoms with van der Waals surface area (Å²) < 4.78 is 0. The number of nitrogens with one attached hydrogen (secondary N) is 1. The molecule has 3 nitrogen and oxygen atoms in total. The van der Waals surface area contributed by atoms with Crippen LogP contribution in [0.1, 0.15) is 22.2 Å². The Labute approximate surface area is 113 Å². The Morgan fingerprint density at radius 3 is 3.11 bits per heavy atom. The molecule has 1 aliphatic heterocycles. The molecule has 0 saturated carbocycles. The van der Waals surface area contributed by atoms with Crippen LogP contribution in [0.25, 0.3) is 0 Å². The number of rotatable bonds is 2. The van der Waals surface area contributed by atoms with Crippen LogP contribution in [0.3, 0.4) is 0 Å². The molecular formula is C13H12N2OS2. The predicted molar refractivity (Wildman–Crippen MR) is 77.2 cm³/mol. The first-order chi connectivity index (χ1) is 8.78. The quantitative estimate of drug-likeness (QED) is 0.899. The normalized spacial score (nSPS) is 14.7. The summed E-state index contributed by atoms with van der Waals surface area (Å²) in [5, 5.41) is 5.90. The van der Waals surface area contributed by atoms with Gasteiger partial charge in [0, 0.05) is 10.4 Å². The van der Waals surface area contributed by atoms with Crippen molar-refractivity contribution in [2.24, 2.45) is 4.99 Å². The zero-order valence-corrected chi connectivity index (χ0v) is 11.5. The Hall–Kier alpha value is -1.46. The van der Waals surface area contributed by atoms with Crippen molar-refractivity contribution in [3.05, 3.63) is 38.9 Å². The van der Waals surface area contributed by atoms with E-state index in [4.69, 9.17) is 0 Å². The topological polar surface area (TPSA) is 41.5 Å². The lowest BCUT2D eigenvalue weighted by Gasteiger charge is -2.01. The second kappa shape index (κ2) is 4.66. The fraction of sp³-hybridized carbons (Fsp3) is 0.231. The number of nitrogens with zero attached hydrogens (tertiary/aromatic N) is 1. The molecule has 18 heavy (non-hydrogen) atoms. The van der Waals surface area contributed by atoms with Gasteiger partial charge in [-0.2, -0.15) is 0 Å². The van der Waals surface area contributed by atoms with Crippen molar-refractivity contribution in [2.75, 3.05) is 11.9 Å². The molecule has 1 N–H and O–H groups in total. The molecule has 5 heteroatoms. The van der Waals surface area contributed by atoms with Gasteiger partial charge in [0.05, 0.1) is 10.6 Å². The van der Waals surface area contributed by atoms with E-state index in [0.717, 1.165) is 27.6 Å². The molecule has 2 aromatic rings. The Morgan fingerprint density at radius 1 is 1.50 bits per heavy atom. The van der Waals surface area contributed by atoms with Crippen molar-refractivity contribution < 1.29 is 4.79 Å². The van der Waals surface area contributed by atoms with Crippen LogP contribution in [0, 0.1) is 0 Å². The number of fused-ring (bicyclic) bond motifs is 1. The van der Waals surface area contributed by atoms with Crippen molar-refractivity contribution in [3.63, 3.8) is 0 Å². The van der Waals surface area contributed by atoms with Gasteiger partial charge in [-0.3, -0.25) is 9.79 Å². The van der Waals surface area contributed by atoms with E-state index in [1.807, 2.05) is 17.5 Å². The van der Waals surface area contributed by atoms with Gasteiger partial charge in [-0.25, -0.2) is 0 Å². The summed E-state index contributed by atoms with van der Waals surface area (Å²) >= 11 is 3.30. The van der Waals surface area contributed by atoms with E-state index in [2.05, 4.69) is 23.3 Å². The first-order valence-corrected chi connectivity index (χ1v) is 7.49. The van der Waals surface area contributed by atoms with Crippen LogP contribution < -0.4 is 5.32 Å². The van der Waals surface area contributed by atoms with E-state index in [1.165, 1.54) is 4.88 Å². The van der Waals surface area contributed by atoms with E-state index in [0.29, 0.717) is 0 Å². The highest BCUT2D eigenvalue weighted by atomic mass is 32.1. The second-order valence-corrected chi connectivity index (χ2v) is 6.08. The fourth-order valence-corrected chi connectivity index (χ4v) is 3.67.